The molecule has 0 aliphatic carbocycles. The monoisotopic (exact) mass is 262 g/mol. The highest BCUT2D eigenvalue weighted by molar-refractivity contribution is 5.38. The van der Waals surface area contributed by atoms with Crippen LogP contribution in [0.1, 0.15) is 42.7 Å². The number of piperidine rings is 1. The summed E-state index contributed by atoms with van der Waals surface area (Å²) < 4.78 is 0. The second-order valence-corrected chi connectivity index (χ2v) is 5.67. The summed E-state index contributed by atoms with van der Waals surface area (Å²) in [7, 11) is 0. The zero-order valence-electron chi connectivity index (χ0n) is 11.9. The highest BCUT2D eigenvalue weighted by atomic mass is 16.3. The van der Waals surface area contributed by atoms with E-state index in [1.807, 2.05) is 13.0 Å². The molecule has 0 amide bonds. The molecule has 1 aromatic carbocycles. The van der Waals surface area contributed by atoms with Gasteiger partial charge in [0.2, 0.25) is 0 Å². The van der Waals surface area contributed by atoms with Crippen molar-refractivity contribution in [3.05, 3.63) is 29.3 Å². The number of benzene rings is 1. The van der Waals surface area contributed by atoms with Crippen molar-refractivity contribution >= 4 is 0 Å². The van der Waals surface area contributed by atoms with Crippen LogP contribution in [0.15, 0.2) is 18.2 Å². The average Bonchev–Trinajstić information content (AvgIpc) is 2.40. The maximum Gasteiger partial charge on any atom is 0.119 e. The van der Waals surface area contributed by atoms with Gasteiger partial charge < -0.3 is 15.7 Å². The molecule has 3 N–H and O–H groups in total. The number of phenols is 1. The number of rotatable bonds is 5. The summed E-state index contributed by atoms with van der Waals surface area (Å²) in [6, 6.07) is 6.07. The SMILES string of the molecule is Cc1ccc(C2CCN(CCCCN)CC2)c(O)c1. The molecular formula is C16H26N2O. The number of unbranched alkanes of at least 4 members (excludes halogenated alkanes) is 1. The van der Waals surface area contributed by atoms with Crippen LogP contribution in [0.5, 0.6) is 5.75 Å². The van der Waals surface area contributed by atoms with E-state index in [-0.39, 0.29) is 0 Å². The molecule has 106 valence electrons. The molecule has 1 aliphatic heterocycles. The third-order valence-electron chi connectivity index (χ3n) is 4.14. The van der Waals surface area contributed by atoms with Gasteiger partial charge in [-0.15, -0.1) is 0 Å². The van der Waals surface area contributed by atoms with Crippen molar-refractivity contribution < 1.29 is 5.11 Å². The third-order valence-corrected chi connectivity index (χ3v) is 4.14. The van der Waals surface area contributed by atoms with Gasteiger partial charge in [-0.3, -0.25) is 0 Å². The fraction of sp³-hybridized carbons (Fsp3) is 0.625. The lowest BCUT2D eigenvalue weighted by Gasteiger charge is -2.32. The van der Waals surface area contributed by atoms with E-state index in [4.69, 9.17) is 5.73 Å². The summed E-state index contributed by atoms with van der Waals surface area (Å²) in [4.78, 5) is 2.53. The lowest BCUT2D eigenvalue weighted by Crippen LogP contribution is -2.33. The molecule has 0 aromatic heterocycles. The second-order valence-electron chi connectivity index (χ2n) is 5.67. The van der Waals surface area contributed by atoms with E-state index in [1.165, 1.54) is 13.0 Å². The molecule has 0 spiro atoms. The predicted octanol–water partition coefficient (Wildman–Crippen LogP) is 2.62. The van der Waals surface area contributed by atoms with E-state index in [1.54, 1.807) is 0 Å². The molecular weight excluding hydrogens is 236 g/mol. The van der Waals surface area contributed by atoms with Gasteiger partial charge in [0.25, 0.3) is 0 Å². The van der Waals surface area contributed by atoms with Crippen LogP contribution in [0.25, 0.3) is 0 Å². The summed E-state index contributed by atoms with van der Waals surface area (Å²) in [5.74, 6) is 0.993. The van der Waals surface area contributed by atoms with Gasteiger partial charge in [-0.1, -0.05) is 12.1 Å². The van der Waals surface area contributed by atoms with Crippen LogP contribution in [0.2, 0.25) is 0 Å². The topological polar surface area (TPSA) is 49.5 Å². The molecule has 19 heavy (non-hydrogen) atoms. The molecule has 0 bridgehead atoms. The van der Waals surface area contributed by atoms with Gasteiger partial charge >= 0.3 is 0 Å². The standard InChI is InChI=1S/C16H26N2O/c1-13-4-5-15(16(19)12-13)14-6-10-18(11-7-14)9-3-2-8-17/h4-5,12,14,19H,2-3,6-11,17H2,1H3. The quantitative estimate of drug-likeness (QED) is 0.802. The molecule has 1 aromatic rings. The first-order valence-corrected chi connectivity index (χ1v) is 7.42. The van der Waals surface area contributed by atoms with Crippen molar-refractivity contribution in [2.75, 3.05) is 26.2 Å². The largest absolute Gasteiger partial charge is 0.508 e. The molecule has 1 aliphatic rings. The molecule has 0 radical (unpaired) electrons. The van der Waals surface area contributed by atoms with Gasteiger partial charge in [-0.05, 0) is 81.9 Å². The Kier molecular flexibility index (Phi) is 5.23. The van der Waals surface area contributed by atoms with Gasteiger partial charge in [0.1, 0.15) is 5.75 Å². The first-order valence-electron chi connectivity index (χ1n) is 7.42. The van der Waals surface area contributed by atoms with Crippen molar-refractivity contribution in [1.29, 1.82) is 0 Å². The van der Waals surface area contributed by atoms with Crippen molar-refractivity contribution in [2.24, 2.45) is 5.73 Å². The van der Waals surface area contributed by atoms with E-state index in [0.29, 0.717) is 11.7 Å². The van der Waals surface area contributed by atoms with Crippen LogP contribution in [-0.4, -0.2) is 36.2 Å². The van der Waals surface area contributed by atoms with E-state index in [9.17, 15) is 5.11 Å². The molecule has 0 atom stereocenters. The molecule has 3 nitrogen and oxygen atoms in total. The number of aryl methyl sites for hydroxylation is 1. The Bertz CT molecular complexity index is 398. The minimum atomic E-state index is 0.474. The van der Waals surface area contributed by atoms with E-state index >= 15 is 0 Å². The van der Waals surface area contributed by atoms with Gasteiger partial charge in [0.15, 0.2) is 0 Å². The van der Waals surface area contributed by atoms with Gasteiger partial charge in [-0.25, -0.2) is 0 Å². The molecule has 2 rings (SSSR count). The summed E-state index contributed by atoms with van der Waals surface area (Å²) in [5, 5.41) is 10.1. The van der Waals surface area contributed by atoms with Crippen molar-refractivity contribution in [1.82, 2.24) is 4.90 Å². The lowest BCUT2D eigenvalue weighted by atomic mass is 9.88. The Morgan fingerprint density at radius 3 is 2.63 bits per heavy atom. The normalized spacial score (nSPS) is 17.8. The number of aromatic hydroxyl groups is 1. The number of hydrogen-bond donors (Lipinski definition) is 2. The Morgan fingerprint density at radius 1 is 1.26 bits per heavy atom. The summed E-state index contributed by atoms with van der Waals surface area (Å²) >= 11 is 0. The highest BCUT2D eigenvalue weighted by Crippen LogP contribution is 2.34. The Morgan fingerprint density at radius 2 is 2.00 bits per heavy atom. The number of nitrogens with zero attached hydrogens (tertiary/aromatic N) is 1. The molecule has 3 heteroatoms. The van der Waals surface area contributed by atoms with Crippen LogP contribution >= 0.6 is 0 Å². The van der Waals surface area contributed by atoms with Crippen LogP contribution in [-0.2, 0) is 0 Å². The minimum absolute atomic E-state index is 0.474. The molecule has 0 saturated carbocycles. The lowest BCUT2D eigenvalue weighted by molar-refractivity contribution is 0.208. The summed E-state index contributed by atoms with van der Waals surface area (Å²) in [6.07, 6.45) is 4.63. The zero-order chi connectivity index (χ0) is 13.7. The number of hydrogen-bond acceptors (Lipinski definition) is 3. The fourth-order valence-corrected chi connectivity index (χ4v) is 2.95. The van der Waals surface area contributed by atoms with Crippen LogP contribution in [0.4, 0.5) is 0 Å². The second kappa shape index (κ2) is 6.92. The van der Waals surface area contributed by atoms with Crippen LogP contribution < -0.4 is 5.73 Å². The van der Waals surface area contributed by atoms with Crippen LogP contribution in [0.3, 0.4) is 0 Å². The highest BCUT2D eigenvalue weighted by Gasteiger charge is 2.22. The summed E-state index contributed by atoms with van der Waals surface area (Å²) in [6.45, 7) is 6.27. The maximum atomic E-state index is 10.1. The zero-order valence-corrected chi connectivity index (χ0v) is 11.9. The number of phenolic OH excluding ortho intramolecular Hbond substituents is 1. The van der Waals surface area contributed by atoms with Crippen molar-refractivity contribution in [3.8, 4) is 5.75 Å². The summed E-state index contributed by atoms with van der Waals surface area (Å²) in [5.41, 5.74) is 7.78. The van der Waals surface area contributed by atoms with Crippen LogP contribution in [0, 0.1) is 6.92 Å². The first-order chi connectivity index (χ1) is 9.20. The Hall–Kier alpha value is -1.06. The van der Waals surface area contributed by atoms with Gasteiger partial charge in [0.05, 0.1) is 0 Å². The Balaban J connectivity index is 1.85. The third kappa shape index (κ3) is 3.95. The molecule has 1 saturated heterocycles. The first kappa shape index (κ1) is 14.4. The van der Waals surface area contributed by atoms with Gasteiger partial charge in [0, 0.05) is 0 Å². The van der Waals surface area contributed by atoms with E-state index < -0.39 is 0 Å². The molecule has 1 fully saturated rings. The number of nitrogens with two attached hydrogens (primary N) is 1. The predicted molar refractivity (Wildman–Crippen MR) is 79.5 cm³/mol. The Labute approximate surface area is 116 Å². The minimum Gasteiger partial charge on any atom is -0.508 e. The smallest absolute Gasteiger partial charge is 0.119 e. The molecule has 1 heterocycles. The average molecular weight is 262 g/mol. The van der Waals surface area contributed by atoms with E-state index in [0.717, 1.165) is 50.0 Å². The number of likely N-dealkylation sites (tertiary alicyclic amines) is 1. The maximum absolute atomic E-state index is 10.1. The molecule has 0 unspecified atom stereocenters. The van der Waals surface area contributed by atoms with Gasteiger partial charge in [-0.2, -0.15) is 0 Å². The van der Waals surface area contributed by atoms with E-state index in [2.05, 4.69) is 17.0 Å². The van der Waals surface area contributed by atoms with Crippen molar-refractivity contribution in [3.63, 3.8) is 0 Å². The van der Waals surface area contributed by atoms with Crippen molar-refractivity contribution in [2.45, 2.75) is 38.5 Å². The fourth-order valence-electron chi connectivity index (χ4n) is 2.95.